The highest BCUT2D eigenvalue weighted by Crippen LogP contribution is 2.32. The maximum absolute atomic E-state index is 13.3. The lowest BCUT2D eigenvalue weighted by Crippen LogP contribution is -2.15. The molecule has 15 heavy (non-hydrogen) atoms. The topological polar surface area (TPSA) is 82.3 Å². The average Bonchev–Trinajstić information content (AvgIpc) is 2.90. The number of hydrogen-bond donors (Lipinski definition) is 1. The molecule has 1 aliphatic carbocycles. The molecule has 1 aromatic heterocycles. The standard InChI is InChI=1S/C8H9FN2O3S/c9-6-3-11-4-7(15(10,12)13)8(6)14-5-1-2-5/h3-5H,1-2H2,(H2,10,12,13). The van der Waals surface area contributed by atoms with E-state index in [2.05, 4.69) is 4.98 Å². The molecule has 2 rings (SSSR count). The summed E-state index contributed by atoms with van der Waals surface area (Å²) in [7, 11) is -4.00. The van der Waals surface area contributed by atoms with Gasteiger partial charge >= 0.3 is 0 Å². The van der Waals surface area contributed by atoms with Gasteiger partial charge in [0.15, 0.2) is 11.6 Å². The Morgan fingerprint density at radius 2 is 2.13 bits per heavy atom. The van der Waals surface area contributed by atoms with Crippen LogP contribution < -0.4 is 9.88 Å². The van der Waals surface area contributed by atoms with Gasteiger partial charge < -0.3 is 4.74 Å². The third kappa shape index (κ3) is 2.24. The molecule has 0 unspecified atom stereocenters. The third-order valence-electron chi connectivity index (χ3n) is 1.94. The fraction of sp³-hybridized carbons (Fsp3) is 0.375. The zero-order chi connectivity index (χ0) is 11.1. The summed E-state index contributed by atoms with van der Waals surface area (Å²) in [5.74, 6) is -1.14. The van der Waals surface area contributed by atoms with Gasteiger partial charge in [-0.3, -0.25) is 4.98 Å². The molecule has 0 bridgehead atoms. The first-order chi connectivity index (χ1) is 6.98. The Bertz CT molecular complexity index is 485. The van der Waals surface area contributed by atoms with E-state index < -0.39 is 20.7 Å². The molecule has 7 heteroatoms. The van der Waals surface area contributed by atoms with Gasteiger partial charge in [0.1, 0.15) is 4.90 Å². The molecule has 82 valence electrons. The van der Waals surface area contributed by atoms with E-state index in [0.29, 0.717) is 0 Å². The Morgan fingerprint density at radius 3 is 2.67 bits per heavy atom. The number of halogens is 1. The molecule has 5 nitrogen and oxygen atoms in total. The number of aromatic nitrogens is 1. The van der Waals surface area contributed by atoms with Crippen LogP contribution in [0, 0.1) is 5.82 Å². The number of ether oxygens (including phenoxy) is 1. The van der Waals surface area contributed by atoms with Gasteiger partial charge in [-0.05, 0) is 12.8 Å². The van der Waals surface area contributed by atoms with Gasteiger partial charge in [0.25, 0.3) is 0 Å². The van der Waals surface area contributed by atoms with Gasteiger partial charge in [-0.1, -0.05) is 0 Å². The summed E-state index contributed by atoms with van der Waals surface area (Å²) in [6, 6.07) is 0. The van der Waals surface area contributed by atoms with Crippen molar-refractivity contribution in [3.63, 3.8) is 0 Å². The molecule has 0 atom stereocenters. The first kappa shape index (κ1) is 10.3. The molecule has 1 heterocycles. The highest BCUT2D eigenvalue weighted by Gasteiger charge is 2.28. The quantitative estimate of drug-likeness (QED) is 0.818. The second kappa shape index (κ2) is 3.42. The highest BCUT2D eigenvalue weighted by atomic mass is 32.2. The van der Waals surface area contributed by atoms with Crippen molar-refractivity contribution in [1.82, 2.24) is 4.98 Å². The number of pyridine rings is 1. The predicted molar refractivity (Wildman–Crippen MR) is 49.2 cm³/mol. The minimum atomic E-state index is -4.00. The van der Waals surface area contributed by atoms with E-state index in [1.165, 1.54) is 0 Å². The molecule has 2 N–H and O–H groups in total. The maximum atomic E-state index is 13.3. The van der Waals surface area contributed by atoms with E-state index in [4.69, 9.17) is 9.88 Å². The van der Waals surface area contributed by atoms with E-state index >= 15 is 0 Å². The molecule has 1 fully saturated rings. The van der Waals surface area contributed by atoms with Crippen LogP contribution in [0.25, 0.3) is 0 Å². The summed E-state index contributed by atoms with van der Waals surface area (Å²) in [5, 5.41) is 4.91. The van der Waals surface area contributed by atoms with Crippen LogP contribution in [0.2, 0.25) is 0 Å². The van der Waals surface area contributed by atoms with Crippen LogP contribution in [0.3, 0.4) is 0 Å². The van der Waals surface area contributed by atoms with Crippen molar-refractivity contribution in [3.8, 4) is 5.75 Å². The van der Waals surface area contributed by atoms with Gasteiger partial charge in [-0.25, -0.2) is 17.9 Å². The Morgan fingerprint density at radius 1 is 1.47 bits per heavy atom. The fourth-order valence-corrected chi connectivity index (χ4v) is 1.69. The summed E-state index contributed by atoms with van der Waals surface area (Å²) >= 11 is 0. The Labute approximate surface area is 86.1 Å². The zero-order valence-corrected chi connectivity index (χ0v) is 8.50. The lowest BCUT2D eigenvalue weighted by atomic mass is 10.4. The van der Waals surface area contributed by atoms with Gasteiger partial charge in [0, 0.05) is 0 Å². The predicted octanol–water partition coefficient (Wildman–Crippen LogP) is 0.409. The molecule has 0 aliphatic heterocycles. The first-order valence-electron chi connectivity index (χ1n) is 4.31. The molecule has 1 aliphatic rings. The van der Waals surface area contributed by atoms with Crippen molar-refractivity contribution >= 4 is 10.0 Å². The normalized spacial score (nSPS) is 16.4. The van der Waals surface area contributed by atoms with Crippen LogP contribution in [-0.2, 0) is 10.0 Å². The van der Waals surface area contributed by atoms with E-state index in [9.17, 15) is 12.8 Å². The number of sulfonamides is 1. The molecule has 0 amide bonds. The smallest absolute Gasteiger partial charge is 0.243 e. The highest BCUT2D eigenvalue weighted by molar-refractivity contribution is 7.89. The van der Waals surface area contributed by atoms with E-state index in [1.807, 2.05) is 0 Å². The summed E-state index contributed by atoms with van der Waals surface area (Å²) in [5.41, 5.74) is 0. The first-order valence-corrected chi connectivity index (χ1v) is 5.86. The van der Waals surface area contributed by atoms with Gasteiger partial charge in [0.2, 0.25) is 10.0 Å². The van der Waals surface area contributed by atoms with Crippen molar-refractivity contribution in [2.75, 3.05) is 0 Å². The lowest BCUT2D eigenvalue weighted by Gasteiger charge is -2.09. The van der Waals surface area contributed by atoms with Crippen LogP contribution in [0.1, 0.15) is 12.8 Å². The molecular formula is C8H9FN2O3S. The van der Waals surface area contributed by atoms with Crippen molar-refractivity contribution in [2.24, 2.45) is 5.14 Å². The molecular weight excluding hydrogens is 223 g/mol. The molecule has 1 aromatic rings. The van der Waals surface area contributed by atoms with Crippen molar-refractivity contribution < 1.29 is 17.5 Å². The molecule has 0 spiro atoms. The average molecular weight is 232 g/mol. The Balaban J connectivity index is 2.47. The zero-order valence-electron chi connectivity index (χ0n) is 7.68. The maximum Gasteiger partial charge on any atom is 0.243 e. The fourth-order valence-electron chi connectivity index (χ4n) is 1.07. The second-order valence-electron chi connectivity index (χ2n) is 3.31. The summed E-state index contributed by atoms with van der Waals surface area (Å²) in [6.45, 7) is 0. The molecule has 1 saturated carbocycles. The summed E-state index contributed by atoms with van der Waals surface area (Å²) in [4.78, 5) is 3.02. The third-order valence-corrected chi connectivity index (χ3v) is 2.84. The molecule has 0 radical (unpaired) electrons. The number of nitrogens with zero attached hydrogens (tertiary/aromatic N) is 1. The number of primary sulfonamides is 1. The van der Waals surface area contributed by atoms with Gasteiger partial charge in [0.05, 0.1) is 18.5 Å². The van der Waals surface area contributed by atoms with Crippen LogP contribution in [0.15, 0.2) is 17.3 Å². The van der Waals surface area contributed by atoms with Gasteiger partial charge in [-0.15, -0.1) is 0 Å². The molecule has 0 aromatic carbocycles. The van der Waals surface area contributed by atoms with E-state index in [-0.39, 0.29) is 11.9 Å². The second-order valence-corrected chi connectivity index (χ2v) is 4.84. The Kier molecular flexibility index (Phi) is 2.35. The SMILES string of the molecule is NS(=O)(=O)c1cncc(F)c1OC1CC1. The van der Waals surface area contributed by atoms with Crippen LogP contribution in [0.5, 0.6) is 5.75 Å². The largest absolute Gasteiger partial charge is 0.486 e. The monoisotopic (exact) mass is 232 g/mol. The van der Waals surface area contributed by atoms with Gasteiger partial charge in [-0.2, -0.15) is 0 Å². The van der Waals surface area contributed by atoms with E-state index in [1.54, 1.807) is 0 Å². The number of hydrogen-bond acceptors (Lipinski definition) is 4. The minimum Gasteiger partial charge on any atom is -0.486 e. The Hall–Kier alpha value is -1.21. The molecule has 0 saturated heterocycles. The minimum absolute atomic E-state index is 0.109. The number of rotatable bonds is 3. The van der Waals surface area contributed by atoms with E-state index in [0.717, 1.165) is 25.2 Å². The van der Waals surface area contributed by atoms with Crippen LogP contribution >= 0.6 is 0 Å². The van der Waals surface area contributed by atoms with Crippen LogP contribution in [0.4, 0.5) is 4.39 Å². The van der Waals surface area contributed by atoms with Crippen molar-refractivity contribution in [1.29, 1.82) is 0 Å². The lowest BCUT2D eigenvalue weighted by molar-refractivity contribution is 0.278. The van der Waals surface area contributed by atoms with Crippen molar-refractivity contribution in [2.45, 2.75) is 23.8 Å². The summed E-state index contributed by atoms with van der Waals surface area (Å²) in [6.07, 6.45) is 3.36. The summed E-state index contributed by atoms with van der Waals surface area (Å²) < 4.78 is 40.6. The number of nitrogens with two attached hydrogens (primary N) is 1. The van der Waals surface area contributed by atoms with Crippen molar-refractivity contribution in [3.05, 3.63) is 18.2 Å². The van der Waals surface area contributed by atoms with Crippen LogP contribution in [-0.4, -0.2) is 19.5 Å².